The van der Waals surface area contributed by atoms with Crippen LogP contribution in [0, 0.1) is 0 Å². The van der Waals surface area contributed by atoms with Gasteiger partial charge in [0.15, 0.2) is 0 Å². The summed E-state index contributed by atoms with van der Waals surface area (Å²) in [5, 5.41) is 10.3. The van der Waals surface area contributed by atoms with Crippen molar-refractivity contribution in [2.45, 2.75) is 13.0 Å². The third-order valence-corrected chi connectivity index (χ3v) is 4.68. The largest absolute Gasteiger partial charge is 0.497 e. The van der Waals surface area contributed by atoms with E-state index in [1.54, 1.807) is 55.4 Å². The number of amides is 1. The van der Waals surface area contributed by atoms with Crippen molar-refractivity contribution in [2.75, 3.05) is 24.9 Å². The summed E-state index contributed by atoms with van der Waals surface area (Å²) in [6, 6.07) is 10.2. The highest BCUT2D eigenvalue weighted by Gasteiger charge is 2.35. The number of nitrogens with zero attached hydrogens (tertiary/aromatic N) is 4. The zero-order chi connectivity index (χ0) is 20.4. The predicted molar refractivity (Wildman–Crippen MR) is 107 cm³/mol. The highest BCUT2D eigenvalue weighted by molar-refractivity contribution is 6.05. The van der Waals surface area contributed by atoms with Crippen LogP contribution >= 0.6 is 0 Å². The smallest absolute Gasteiger partial charge is 0.257 e. The molecule has 1 aliphatic rings. The molecule has 0 radical (unpaired) electrons. The van der Waals surface area contributed by atoms with E-state index in [9.17, 15) is 4.79 Å². The number of pyridine rings is 1. The van der Waals surface area contributed by atoms with Gasteiger partial charge in [0.2, 0.25) is 5.95 Å². The summed E-state index contributed by atoms with van der Waals surface area (Å²) < 4.78 is 12.6. The van der Waals surface area contributed by atoms with E-state index in [4.69, 9.17) is 9.47 Å². The minimum Gasteiger partial charge on any atom is -0.497 e. The fraction of sp³-hybridized carbons (Fsp3) is 0.200. The van der Waals surface area contributed by atoms with Gasteiger partial charge in [-0.05, 0) is 37.3 Å². The Labute approximate surface area is 167 Å². The van der Waals surface area contributed by atoms with Gasteiger partial charge in [-0.1, -0.05) is 6.07 Å². The molecule has 3 heterocycles. The number of allylic oxidation sites excluding steroid dienone is 1. The zero-order valence-corrected chi connectivity index (χ0v) is 16.2. The van der Waals surface area contributed by atoms with Gasteiger partial charge < -0.3 is 20.1 Å². The summed E-state index contributed by atoms with van der Waals surface area (Å²) in [4.78, 5) is 21.7. The molecule has 3 aromatic rings. The van der Waals surface area contributed by atoms with Gasteiger partial charge in [0.05, 0.1) is 19.8 Å². The number of hydrogen-bond donors (Lipinski definition) is 2. The summed E-state index contributed by atoms with van der Waals surface area (Å²) in [7, 11) is 3.17. The fourth-order valence-corrected chi connectivity index (χ4v) is 3.35. The Bertz CT molecular complexity index is 1080. The van der Waals surface area contributed by atoms with Gasteiger partial charge in [0.25, 0.3) is 5.91 Å². The van der Waals surface area contributed by atoms with Crippen LogP contribution in [0.25, 0.3) is 0 Å². The number of methoxy groups -OCH3 is 2. The molecule has 1 aliphatic heterocycles. The van der Waals surface area contributed by atoms with Crippen LogP contribution in [0.5, 0.6) is 11.5 Å². The lowest BCUT2D eigenvalue weighted by molar-refractivity contribution is -0.113. The molecule has 0 spiro atoms. The van der Waals surface area contributed by atoms with Gasteiger partial charge >= 0.3 is 0 Å². The van der Waals surface area contributed by atoms with Gasteiger partial charge in [-0.2, -0.15) is 10.1 Å². The molecule has 9 heteroatoms. The van der Waals surface area contributed by atoms with Crippen molar-refractivity contribution in [2.24, 2.45) is 0 Å². The number of aromatic nitrogens is 4. The molecule has 1 aromatic carbocycles. The summed E-state index contributed by atoms with van der Waals surface area (Å²) in [5.74, 6) is 1.94. The standard InChI is InChI=1S/C20H20N6O3/c1-12-17(19(27)25-16-6-4-5-9-21-16)18(26-20(24-12)22-11-23-26)14-10-13(28-2)7-8-15(14)29-3/h4-11,18H,1-3H3,(H,21,25,27)(H,22,23,24)/t18-/m1/s1. The molecule has 1 amide bonds. The van der Waals surface area contributed by atoms with Crippen molar-refractivity contribution in [3.8, 4) is 11.5 Å². The molecule has 4 rings (SSSR count). The van der Waals surface area contributed by atoms with Crippen LogP contribution in [-0.4, -0.2) is 39.9 Å². The molecule has 9 nitrogen and oxygen atoms in total. The quantitative estimate of drug-likeness (QED) is 0.688. The van der Waals surface area contributed by atoms with Crippen molar-refractivity contribution in [1.29, 1.82) is 0 Å². The van der Waals surface area contributed by atoms with E-state index in [0.29, 0.717) is 34.5 Å². The average Bonchev–Trinajstić information content (AvgIpc) is 3.20. The number of ether oxygens (including phenoxy) is 2. The molecule has 29 heavy (non-hydrogen) atoms. The van der Waals surface area contributed by atoms with Crippen LogP contribution in [0.1, 0.15) is 18.5 Å². The molecule has 2 N–H and O–H groups in total. The predicted octanol–water partition coefficient (Wildman–Crippen LogP) is 2.62. The monoisotopic (exact) mass is 392 g/mol. The third-order valence-electron chi connectivity index (χ3n) is 4.68. The molecule has 1 atom stereocenters. The Morgan fingerprint density at radius 1 is 1.17 bits per heavy atom. The van der Waals surface area contributed by atoms with Gasteiger partial charge in [0, 0.05) is 17.5 Å². The van der Waals surface area contributed by atoms with Gasteiger partial charge in [-0.15, -0.1) is 0 Å². The molecule has 0 saturated carbocycles. The molecular weight excluding hydrogens is 372 g/mol. The van der Waals surface area contributed by atoms with Gasteiger partial charge in [0.1, 0.15) is 29.7 Å². The van der Waals surface area contributed by atoms with E-state index < -0.39 is 6.04 Å². The number of benzene rings is 1. The molecule has 0 aliphatic carbocycles. The number of nitrogens with one attached hydrogen (secondary N) is 2. The number of hydrogen-bond acceptors (Lipinski definition) is 7. The van der Waals surface area contributed by atoms with Crippen molar-refractivity contribution in [3.63, 3.8) is 0 Å². The van der Waals surface area contributed by atoms with E-state index >= 15 is 0 Å². The number of rotatable bonds is 5. The first-order valence-corrected chi connectivity index (χ1v) is 8.94. The first kappa shape index (κ1) is 18.5. The van der Waals surface area contributed by atoms with Gasteiger partial charge in [-0.3, -0.25) is 4.79 Å². The highest BCUT2D eigenvalue weighted by atomic mass is 16.5. The summed E-state index contributed by atoms with van der Waals surface area (Å²) >= 11 is 0. The number of fused-ring (bicyclic) bond motifs is 1. The van der Waals surface area contributed by atoms with E-state index in [1.165, 1.54) is 6.33 Å². The summed E-state index contributed by atoms with van der Waals surface area (Å²) in [6.45, 7) is 1.82. The highest BCUT2D eigenvalue weighted by Crippen LogP contribution is 2.40. The summed E-state index contributed by atoms with van der Waals surface area (Å²) in [6.07, 6.45) is 3.06. The van der Waals surface area contributed by atoms with Crippen molar-refractivity contribution < 1.29 is 14.3 Å². The Morgan fingerprint density at radius 2 is 2.03 bits per heavy atom. The topological polar surface area (TPSA) is 103 Å². The lowest BCUT2D eigenvalue weighted by Crippen LogP contribution is -2.32. The molecule has 148 valence electrons. The molecule has 0 bridgehead atoms. The second-order valence-corrected chi connectivity index (χ2v) is 6.37. The van der Waals surface area contributed by atoms with Crippen LogP contribution in [-0.2, 0) is 4.79 Å². The van der Waals surface area contributed by atoms with Crippen LogP contribution < -0.4 is 20.1 Å². The Kier molecular flexibility index (Phi) is 4.86. The second kappa shape index (κ2) is 7.63. The molecule has 0 unspecified atom stereocenters. The van der Waals surface area contributed by atoms with Gasteiger partial charge in [-0.25, -0.2) is 9.67 Å². The lowest BCUT2D eigenvalue weighted by atomic mass is 9.94. The van der Waals surface area contributed by atoms with Crippen LogP contribution in [0.4, 0.5) is 11.8 Å². The number of anilines is 2. The van der Waals surface area contributed by atoms with Crippen molar-refractivity contribution in [1.82, 2.24) is 19.7 Å². The van der Waals surface area contributed by atoms with Crippen LogP contribution in [0.15, 0.2) is 60.2 Å². The third kappa shape index (κ3) is 3.38. The first-order valence-electron chi connectivity index (χ1n) is 8.94. The maximum atomic E-state index is 13.3. The number of carbonyl (C=O) groups excluding carboxylic acids is 1. The molecule has 0 saturated heterocycles. The Morgan fingerprint density at radius 3 is 2.76 bits per heavy atom. The first-order chi connectivity index (χ1) is 14.1. The van der Waals surface area contributed by atoms with Crippen molar-refractivity contribution >= 4 is 17.7 Å². The molecular formula is C20H20N6O3. The van der Waals surface area contributed by atoms with Crippen LogP contribution in [0.2, 0.25) is 0 Å². The Hall–Kier alpha value is -3.88. The molecule has 2 aromatic heterocycles. The molecule has 0 fully saturated rings. The van der Waals surface area contributed by atoms with E-state index in [1.807, 2.05) is 13.0 Å². The van der Waals surface area contributed by atoms with Crippen LogP contribution in [0.3, 0.4) is 0 Å². The fourth-order valence-electron chi connectivity index (χ4n) is 3.35. The van der Waals surface area contributed by atoms with Crippen molar-refractivity contribution in [3.05, 3.63) is 65.8 Å². The van der Waals surface area contributed by atoms with E-state index in [2.05, 4.69) is 25.7 Å². The lowest BCUT2D eigenvalue weighted by Gasteiger charge is -2.29. The van der Waals surface area contributed by atoms with E-state index in [0.717, 1.165) is 5.56 Å². The zero-order valence-electron chi connectivity index (χ0n) is 16.2. The SMILES string of the molecule is COc1ccc(OC)c([C@@H]2C(C(=O)Nc3ccccn3)=C(C)Nc3ncnn32)c1. The number of carbonyl (C=O) groups is 1. The minimum absolute atomic E-state index is 0.301. The maximum Gasteiger partial charge on any atom is 0.257 e. The Balaban J connectivity index is 1.84. The maximum absolute atomic E-state index is 13.3. The second-order valence-electron chi connectivity index (χ2n) is 6.37. The average molecular weight is 392 g/mol. The van der Waals surface area contributed by atoms with E-state index in [-0.39, 0.29) is 5.91 Å². The summed E-state index contributed by atoms with van der Waals surface area (Å²) in [5.41, 5.74) is 1.86. The normalized spacial score (nSPS) is 15.3. The minimum atomic E-state index is -0.567.